The average molecular weight is 357 g/mol. The highest BCUT2D eigenvalue weighted by Crippen LogP contribution is 2.29. The SMILES string of the molecule is [CH2]CCCCN1CCN(C(=O)OCc2ccc(C(F)(F)F)cc2)CC1. The van der Waals surface area contributed by atoms with Crippen LogP contribution >= 0.6 is 0 Å². The van der Waals surface area contributed by atoms with E-state index in [0.29, 0.717) is 18.7 Å². The zero-order valence-electron chi connectivity index (χ0n) is 14.2. The van der Waals surface area contributed by atoms with Crippen molar-refractivity contribution in [3.05, 3.63) is 42.3 Å². The second-order valence-corrected chi connectivity index (χ2v) is 6.14. The van der Waals surface area contributed by atoms with Gasteiger partial charge in [0.2, 0.25) is 0 Å². The molecule has 1 radical (unpaired) electrons. The Hall–Kier alpha value is -1.76. The van der Waals surface area contributed by atoms with Crippen molar-refractivity contribution in [3.8, 4) is 0 Å². The van der Waals surface area contributed by atoms with E-state index < -0.39 is 17.8 Å². The predicted octanol–water partition coefficient (Wildman–Crippen LogP) is 3.96. The van der Waals surface area contributed by atoms with Gasteiger partial charge in [0.05, 0.1) is 5.56 Å². The van der Waals surface area contributed by atoms with Gasteiger partial charge in [-0.05, 0) is 30.7 Å². The van der Waals surface area contributed by atoms with Crippen LogP contribution < -0.4 is 0 Å². The number of hydrogen-bond acceptors (Lipinski definition) is 3. The Morgan fingerprint density at radius 1 is 1.08 bits per heavy atom. The Balaban J connectivity index is 1.72. The van der Waals surface area contributed by atoms with Crippen LogP contribution in [0.25, 0.3) is 0 Å². The molecule has 7 heteroatoms. The number of unbranched alkanes of at least 4 members (excludes halogenated alkanes) is 2. The van der Waals surface area contributed by atoms with Crippen molar-refractivity contribution in [2.45, 2.75) is 32.0 Å². The lowest BCUT2D eigenvalue weighted by Crippen LogP contribution is -2.48. The Bertz CT molecular complexity index is 538. The second-order valence-electron chi connectivity index (χ2n) is 6.14. The van der Waals surface area contributed by atoms with Gasteiger partial charge in [-0.3, -0.25) is 4.90 Å². The molecule has 0 aliphatic carbocycles. The molecule has 2 rings (SSSR count). The molecular weight excluding hydrogens is 333 g/mol. The summed E-state index contributed by atoms with van der Waals surface area (Å²) in [4.78, 5) is 16.0. The summed E-state index contributed by atoms with van der Waals surface area (Å²) < 4.78 is 42.7. The van der Waals surface area contributed by atoms with Crippen molar-refractivity contribution in [1.29, 1.82) is 0 Å². The largest absolute Gasteiger partial charge is 0.445 e. The van der Waals surface area contributed by atoms with Gasteiger partial charge in [0.15, 0.2) is 0 Å². The van der Waals surface area contributed by atoms with E-state index >= 15 is 0 Å². The van der Waals surface area contributed by atoms with Gasteiger partial charge in [0, 0.05) is 26.2 Å². The van der Waals surface area contributed by atoms with Gasteiger partial charge in [-0.1, -0.05) is 31.9 Å². The molecule has 139 valence electrons. The molecule has 0 saturated carbocycles. The number of rotatable bonds is 6. The van der Waals surface area contributed by atoms with E-state index in [1.807, 2.05) is 0 Å². The molecule has 1 aliphatic heterocycles. The van der Waals surface area contributed by atoms with Crippen LogP contribution in [0.4, 0.5) is 18.0 Å². The minimum atomic E-state index is -4.36. The average Bonchev–Trinajstić information content (AvgIpc) is 2.60. The zero-order valence-corrected chi connectivity index (χ0v) is 14.2. The summed E-state index contributed by atoms with van der Waals surface area (Å²) in [5, 5.41) is 0. The van der Waals surface area contributed by atoms with Crippen LogP contribution in [-0.2, 0) is 17.5 Å². The Morgan fingerprint density at radius 3 is 2.28 bits per heavy atom. The molecular formula is C18H24F3N2O2. The molecule has 1 amide bonds. The van der Waals surface area contributed by atoms with E-state index in [9.17, 15) is 18.0 Å². The highest BCUT2D eigenvalue weighted by atomic mass is 19.4. The zero-order chi connectivity index (χ0) is 18.3. The number of ether oxygens (including phenoxy) is 1. The van der Waals surface area contributed by atoms with Crippen molar-refractivity contribution < 1.29 is 22.7 Å². The molecule has 1 aromatic rings. The normalized spacial score (nSPS) is 16.1. The van der Waals surface area contributed by atoms with Gasteiger partial charge in [0.1, 0.15) is 6.61 Å². The van der Waals surface area contributed by atoms with Gasteiger partial charge in [0.25, 0.3) is 0 Å². The summed E-state index contributed by atoms with van der Waals surface area (Å²) in [6, 6.07) is 4.65. The number of alkyl halides is 3. The lowest BCUT2D eigenvalue weighted by atomic mass is 10.1. The first-order chi connectivity index (χ1) is 11.9. The van der Waals surface area contributed by atoms with Crippen molar-refractivity contribution >= 4 is 6.09 Å². The van der Waals surface area contributed by atoms with Crippen molar-refractivity contribution in [2.75, 3.05) is 32.7 Å². The Kier molecular flexibility index (Phi) is 7.11. The van der Waals surface area contributed by atoms with Gasteiger partial charge in [-0.15, -0.1) is 0 Å². The van der Waals surface area contributed by atoms with Gasteiger partial charge in [-0.2, -0.15) is 13.2 Å². The van der Waals surface area contributed by atoms with Crippen LogP contribution in [0.3, 0.4) is 0 Å². The monoisotopic (exact) mass is 357 g/mol. The molecule has 0 N–H and O–H groups in total. The van der Waals surface area contributed by atoms with Gasteiger partial charge < -0.3 is 9.64 Å². The molecule has 0 atom stereocenters. The van der Waals surface area contributed by atoms with E-state index in [1.165, 1.54) is 12.1 Å². The number of halogens is 3. The summed E-state index contributed by atoms with van der Waals surface area (Å²) in [5.74, 6) is 0. The van der Waals surface area contributed by atoms with Crippen LogP contribution in [0.1, 0.15) is 30.4 Å². The highest BCUT2D eigenvalue weighted by molar-refractivity contribution is 5.67. The summed E-state index contributed by atoms with van der Waals surface area (Å²) in [6.07, 6.45) is -1.62. The number of benzene rings is 1. The number of carbonyl (C=O) groups is 1. The molecule has 0 bridgehead atoms. The molecule has 1 aliphatic rings. The van der Waals surface area contributed by atoms with E-state index in [0.717, 1.165) is 51.0 Å². The molecule has 1 saturated heterocycles. The fourth-order valence-electron chi connectivity index (χ4n) is 2.69. The summed E-state index contributed by atoms with van der Waals surface area (Å²) in [5.41, 5.74) is -0.175. The second kappa shape index (κ2) is 9.08. The molecule has 25 heavy (non-hydrogen) atoms. The lowest BCUT2D eigenvalue weighted by molar-refractivity contribution is -0.137. The van der Waals surface area contributed by atoms with Crippen LogP contribution in [0.5, 0.6) is 0 Å². The topological polar surface area (TPSA) is 32.8 Å². The van der Waals surface area contributed by atoms with Crippen molar-refractivity contribution in [1.82, 2.24) is 9.80 Å². The van der Waals surface area contributed by atoms with E-state index in [4.69, 9.17) is 4.74 Å². The molecule has 0 aromatic heterocycles. The molecule has 4 nitrogen and oxygen atoms in total. The predicted molar refractivity (Wildman–Crippen MR) is 88.9 cm³/mol. The minimum Gasteiger partial charge on any atom is -0.445 e. The third kappa shape index (κ3) is 6.23. The fraction of sp³-hybridized carbons (Fsp3) is 0.556. The van der Waals surface area contributed by atoms with Gasteiger partial charge in [-0.25, -0.2) is 4.79 Å². The van der Waals surface area contributed by atoms with E-state index in [1.54, 1.807) is 4.90 Å². The third-order valence-electron chi connectivity index (χ3n) is 4.25. The van der Waals surface area contributed by atoms with Crippen LogP contribution in [0, 0.1) is 6.92 Å². The summed E-state index contributed by atoms with van der Waals surface area (Å²) in [7, 11) is 0. The van der Waals surface area contributed by atoms with Crippen LogP contribution in [0.15, 0.2) is 24.3 Å². The lowest BCUT2D eigenvalue weighted by Gasteiger charge is -2.34. The maximum absolute atomic E-state index is 12.5. The number of piperazine rings is 1. The first-order valence-electron chi connectivity index (χ1n) is 8.49. The Labute approximate surface area is 146 Å². The van der Waals surface area contributed by atoms with E-state index in [-0.39, 0.29) is 6.61 Å². The first kappa shape index (κ1) is 19.6. The van der Waals surface area contributed by atoms with Crippen LogP contribution in [-0.4, -0.2) is 48.6 Å². The maximum atomic E-state index is 12.5. The Morgan fingerprint density at radius 2 is 1.72 bits per heavy atom. The smallest absolute Gasteiger partial charge is 0.416 e. The fourth-order valence-corrected chi connectivity index (χ4v) is 2.69. The van der Waals surface area contributed by atoms with Crippen LogP contribution in [0.2, 0.25) is 0 Å². The standard InChI is InChI=1S/C18H24F3N2O2/c1-2-3-4-9-22-10-12-23(13-11-22)17(24)25-14-15-5-7-16(8-6-15)18(19,20)21/h5-8H,1-4,9-14H2. The molecule has 0 spiro atoms. The number of carbonyl (C=O) groups excluding carboxylic acids is 1. The number of hydrogen-bond donors (Lipinski definition) is 0. The molecule has 1 heterocycles. The van der Waals surface area contributed by atoms with Crippen molar-refractivity contribution in [3.63, 3.8) is 0 Å². The van der Waals surface area contributed by atoms with Crippen molar-refractivity contribution in [2.24, 2.45) is 0 Å². The quantitative estimate of drug-likeness (QED) is 0.723. The molecule has 1 fully saturated rings. The third-order valence-corrected chi connectivity index (χ3v) is 4.25. The number of amides is 1. The minimum absolute atomic E-state index is 0.0271. The molecule has 1 aromatic carbocycles. The highest BCUT2D eigenvalue weighted by Gasteiger charge is 2.30. The summed E-state index contributed by atoms with van der Waals surface area (Å²) >= 11 is 0. The first-order valence-corrected chi connectivity index (χ1v) is 8.49. The van der Waals surface area contributed by atoms with Gasteiger partial charge >= 0.3 is 12.3 Å². The maximum Gasteiger partial charge on any atom is 0.416 e. The number of nitrogens with zero attached hydrogens (tertiary/aromatic N) is 2. The summed E-state index contributed by atoms with van der Waals surface area (Å²) in [6.45, 7) is 7.65. The molecule has 0 unspecified atom stereocenters. The van der Waals surface area contributed by atoms with E-state index in [2.05, 4.69) is 11.8 Å².